The molecule has 0 bridgehead atoms. The number of nitrogens with two attached hydrogens (primary N) is 2. The Kier molecular flexibility index (Phi) is 19.7. The highest BCUT2D eigenvalue weighted by Crippen LogP contribution is 2.66. The molecule has 4 aromatic rings. The van der Waals surface area contributed by atoms with Crippen LogP contribution in [0.15, 0.2) is 46.0 Å². The van der Waals surface area contributed by atoms with Crippen LogP contribution in [0.2, 0.25) is 0 Å². The molecule has 2 unspecified atom stereocenters. The summed E-state index contributed by atoms with van der Waals surface area (Å²) in [4.78, 5) is 105. The molecule has 36 heteroatoms. The minimum Gasteiger partial charge on any atom is -0.465 e. The highest BCUT2D eigenvalue weighted by Gasteiger charge is 2.41. The normalized spacial score (nSPS) is 23.2. The highest BCUT2D eigenvalue weighted by molar-refractivity contribution is 7.69. The third kappa shape index (κ3) is 16.1. The average molecular weight is 1100 g/mol. The Bertz CT molecular complexity index is 2910. The van der Waals surface area contributed by atoms with E-state index in [1.807, 2.05) is 13.8 Å². The minimum absolute atomic E-state index is 0.0156. The SMILES string of the molecule is CCCCOC(=O)[C@H](C)NP(=O)(/C=C/[C@@H]1C[C@@H](O)[C@H](n2cnc3c(=O)[nH]c(N)nc32)O1)N[C@@H](C)C(=O)OCCCC.Nc1nc2c(ncn2[C@@H]2O[C@H](/C=C/P(=O)(O)OP(=O)(O)OP(=O)(O)O)C[C@H]2O)c(=O)[nH]1. The third-order valence-corrected chi connectivity index (χ3v) is 16.2. The molecule has 4 aromatic heterocycles. The van der Waals surface area contributed by atoms with Crippen molar-refractivity contribution in [2.24, 2.45) is 0 Å². The van der Waals surface area contributed by atoms with Crippen molar-refractivity contribution in [2.45, 2.75) is 115 Å². The van der Waals surface area contributed by atoms with Crippen LogP contribution in [0, 0.1) is 0 Å². The maximum atomic E-state index is 14.0. The molecule has 0 radical (unpaired) electrons. The van der Waals surface area contributed by atoms with Gasteiger partial charge in [-0.25, -0.2) is 33.6 Å². The Morgan fingerprint density at radius 3 is 1.58 bits per heavy atom. The minimum atomic E-state index is -5.58. The molecular weight excluding hydrogens is 1040 g/mol. The van der Waals surface area contributed by atoms with Gasteiger partial charge < -0.3 is 60.2 Å². The van der Waals surface area contributed by atoms with Crippen molar-refractivity contribution in [1.82, 2.24) is 49.2 Å². The number of ether oxygens (including phenoxy) is 4. The Morgan fingerprint density at radius 2 is 1.18 bits per heavy atom. The summed E-state index contributed by atoms with van der Waals surface area (Å²) in [6.45, 7) is 7.42. The Morgan fingerprint density at radius 1 is 0.764 bits per heavy atom. The molecule has 10 atom stereocenters. The summed E-state index contributed by atoms with van der Waals surface area (Å²) in [5.74, 6) is 0.224. The third-order valence-electron chi connectivity index (χ3n) is 10.1. The Balaban J connectivity index is 0.000000278. The molecule has 0 aromatic carbocycles. The number of imidazole rings is 2. The van der Waals surface area contributed by atoms with Crippen molar-refractivity contribution in [3.63, 3.8) is 0 Å². The Labute approximate surface area is 407 Å². The van der Waals surface area contributed by atoms with Gasteiger partial charge in [0.15, 0.2) is 34.8 Å². The standard InChI is InChI=1S/C25H40N7O8P.C11H16N5O12P3/c1-5-7-10-38-23(35)15(3)30-41(37,31-16(4)24(36)39-11-8-6-2)12-9-17-13-18(33)22(40-17)32-14-27-19-20(32)28-25(26)29-21(19)34;12-11-14-8-7(9(18)15-11)13-4-16(8)10-6(17)3-5(26-10)1-2-29(19,20)27-31(24,25)28-30(21,22)23/h9,12,14-18,22,33H,5-8,10-11,13H2,1-4H3,(H2,30,31,37)(H3,26,28,29,34);1-2,4-6,10,17H,3H2,(H,19,20)(H,24,25)(H2,21,22,23)(H3,12,14,15,18)/b12-9+;2-1+/t15-,16-,17+,18+,22+;5-,6-,10-/m01/s1. The summed E-state index contributed by atoms with van der Waals surface area (Å²) >= 11 is 0. The van der Waals surface area contributed by atoms with E-state index < -0.39 is 103 Å². The van der Waals surface area contributed by atoms with Crippen LogP contribution < -0.4 is 32.8 Å². The van der Waals surface area contributed by atoms with Crippen molar-refractivity contribution in [3.05, 3.63) is 57.1 Å². The number of phosphoric acid groups is 2. The number of nitrogens with zero attached hydrogens (tertiary/aromatic N) is 6. The smallest absolute Gasteiger partial charge is 0.465 e. The lowest BCUT2D eigenvalue weighted by Crippen LogP contribution is -2.41. The first-order valence-electron chi connectivity index (χ1n) is 21.8. The molecule has 0 amide bonds. The molecule has 6 rings (SSSR count). The number of aliphatic hydroxyl groups excluding tert-OH is 2. The van der Waals surface area contributed by atoms with Crippen molar-refractivity contribution in [3.8, 4) is 0 Å². The zero-order valence-corrected chi connectivity index (χ0v) is 42.3. The first-order chi connectivity index (χ1) is 33.6. The fourth-order valence-electron chi connectivity index (χ4n) is 6.80. The second-order valence-corrected chi connectivity index (χ2v) is 22.8. The number of aromatic nitrogens is 8. The number of carbonyl (C=O) groups is 2. The van der Waals surface area contributed by atoms with Gasteiger partial charge in [-0.2, -0.15) is 14.3 Å². The van der Waals surface area contributed by atoms with Crippen LogP contribution in [0.5, 0.6) is 0 Å². The lowest BCUT2D eigenvalue weighted by molar-refractivity contribution is -0.145. The van der Waals surface area contributed by atoms with Gasteiger partial charge in [-0.15, -0.1) is 0 Å². The topological polar surface area (TPSA) is 482 Å². The van der Waals surface area contributed by atoms with Crippen molar-refractivity contribution in [2.75, 3.05) is 24.7 Å². The molecule has 6 heterocycles. The zero-order chi connectivity index (χ0) is 53.3. The number of aromatic amines is 2. The van der Waals surface area contributed by atoms with E-state index >= 15 is 0 Å². The number of nitrogen functional groups attached to an aromatic ring is 2. The summed E-state index contributed by atoms with van der Waals surface area (Å²) in [6.07, 6.45) is 1.96. The molecule has 2 fully saturated rings. The maximum Gasteiger partial charge on any atom is 0.488 e. The molecule has 72 heavy (non-hydrogen) atoms. The van der Waals surface area contributed by atoms with Gasteiger partial charge in [-0.1, -0.05) is 26.7 Å². The lowest BCUT2D eigenvalue weighted by Gasteiger charge is -2.24. The second-order valence-electron chi connectivity index (χ2n) is 16.1. The maximum absolute atomic E-state index is 14.0. The molecule has 14 N–H and O–H groups in total. The van der Waals surface area contributed by atoms with Gasteiger partial charge in [-0.05, 0) is 38.8 Å². The van der Waals surface area contributed by atoms with Gasteiger partial charge in [0.2, 0.25) is 19.3 Å². The summed E-state index contributed by atoms with van der Waals surface area (Å²) in [7, 11) is -19.8. The predicted molar refractivity (Wildman–Crippen MR) is 251 cm³/mol. The summed E-state index contributed by atoms with van der Waals surface area (Å²) < 4.78 is 79.8. The number of carbonyl (C=O) groups excluding carboxylic acids is 2. The quantitative estimate of drug-likeness (QED) is 0.0296. The number of fused-ring (bicyclic) bond motifs is 2. The number of hydrogen-bond donors (Lipinski definition) is 12. The van der Waals surface area contributed by atoms with Crippen LogP contribution in [0.3, 0.4) is 0 Å². The number of aliphatic hydroxyl groups is 2. The first-order valence-corrected chi connectivity index (χ1v) is 28.2. The van der Waals surface area contributed by atoms with Gasteiger partial charge in [0.1, 0.15) is 24.3 Å². The van der Waals surface area contributed by atoms with Gasteiger partial charge in [0.05, 0.1) is 38.1 Å². The van der Waals surface area contributed by atoms with Crippen LogP contribution in [-0.4, -0.2) is 130 Å². The summed E-state index contributed by atoms with van der Waals surface area (Å²) in [6, 6.07) is -1.93. The molecular formula is C36H56N12O20P4. The molecule has 2 aliphatic heterocycles. The number of esters is 2. The molecule has 2 saturated heterocycles. The fraction of sp³-hybridized carbons (Fsp3) is 0.556. The van der Waals surface area contributed by atoms with Gasteiger partial charge >= 0.3 is 35.2 Å². The van der Waals surface area contributed by atoms with E-state index in [4.69, 9.17) is 45.1 Å². The fourth-order valence-corrected chi connectivity index (χ4v) is 12.1. The van der Waals surface area contributed by atoms with Gasteiger partial charge in [-0.3, -0.25) is 47.4 Å². The molecule has 400 valence electrons. The number of H-pyrrole nitrogens is 2. The van der Waals surface area contributed by atoms with E-state index in [1.54, 1.807) is 0 Å². The molecule has 0 aliphatic carbocycles. The van der Waals surface area contributed by atoms with Gasteiger partial charge in [0, 0.05) is 24.5 Å². The first kappa shape index (κ1) is 58.1. The molecule has 2 aliphatic rings. The summed E-state index contributed by atoms with van der Waals surface area (Å²) in [5, 5.41) is 26.5. The number of anilines is 2. The van der Waals surface area contributed by atoms with Gasteiger partial charge in [0.25, 0.3) is 11.1 Å². The number of rotatable bonds is 22. The summed E-state index contributed by atoms with van der Waals surface area (Å²) in [5.41, 5.74) is 10.1. The average Bonchev–Trinajstić information content (AvgIpc) is 4.06. The highest BCUT2D eigenvalue weighted by atomic mass is 31.3. The van der Waals surface area contributed by atoms with Crippen LogP contribution in [0.1, 0.15) is 78.7 Å². The largest absolute Gasteiger partial charge is 0.488 e. The predicted octanol–water partition coefficient (Wildman–Crippen LogP) is 0.975. The van der Waals surface area contributed by atoms with E-state index in [0.717, 1.165) is 18.9 Å². The zero-order valence-electron chi connectivity index (χ0n) is 38.8. The number of nitrogens with one attached hydrogen (secondary N) is 4. The van der Waals surface area contributed by atoms with E-state index in [1.165, 1.54) is 47.5 Å². The lowest BCUT2D eigenvalue weighted by atomic mass is 10.2. The van der Waals surface area contributed by atoms with E-state index in [9.17, 15) is 52.5 Å². The number of unbranched alkanes of at least 4 members (excludes halogenated alkanes) is 2. The van der Waals surface area contributed by atoms with Crippen LogP contribution in [-0.2, 0) is 55.4 Å². The van der Waals surface area contributed by atoms with Crippen LogP contribution >= 0.6 is 30.7 Å². The molecule has 0 spiro atoms. The van der Waals surface area contributed by atoms with E-state index in [-0.39, 0.29) is 60.3 Å². The Hall–Kier alpha value is -4.84. The monoisotopic (exact) mass is 1100 g/mol. The van der Waals surface area contributed by atoms with Crippen LogP contribution in [0.25, 0.3) is 22.3 Å². The van der Waals surface area contributed by atoms with Crippen molar-refractivity contribution < 1.29 is 85.2 Å². The van der Waals surface area contributed by atoms with E-state index in [0.29, 0.717) is 18.7 Å². The van der Waals surface area contributed by atoms with E-state index in [2.05, 4.69) is 48.7 Å². The molecule has 0 saturated carbocycles. The van der Waals surface area contributed by atoms with Crippen molar-refractivity contribution in [1.29, 1.82) is 0 Å². The molecule has 32 nitrogen and oxygen atoms in total. The number of hydrogen-bond acceptors (Lipinski definition) is 22. The van der Waals surface area contributed by atoms with Crippen molar-refractivity contribution >= 4 is 76.8 Å². The second kappa shape index (κ2) is 24.5. The van der Waals surface area contributed by atoms with Crippen LogP contribution in [0.4, 0.5) is 11.9 Å².